The van der Waals surface area contributed by atoms with Crippen LogP contribution in [0, 0.1) is 11.3 Å². The molecule has 180 valence electrons. The summed E-state index contributed by atoms with van der Waals surface area (Å²) in [7, 11) is 0. The van der Waals surface area contributed by atoms with Crippen molar-refractivity contribution in [3.05, 3.63) is 72.1 Å². The Kier molecular flexibility index (Phi) is 7.90. The average molecular weight is 493 g/mol. The Morgan fingerprint density at radius 1 is 1.23 bits per heavy atom. The van der Waals surface area contributed by atoms with Gasteiger partial charge in [0, 0.05) is 24.3 Å². The molecule has 10 heteroatoms. The Labute approximate surface area is 206 Å². The molecule has 1 aliphatic rings. The van der Waals surface area contributed by atoms with E-state index in [9.17, 15) is 14.7 Å². The summed E-state index contributed by atoms with van der Waals surface area (Å²) in [4.78, 5) is 31.2. The van der Waals surface area contributed by atoms with Gasteiger partial charge >= 0.3 is 6.09 Å². The van der Waals surface area contributed by atoms with E-state index in [1.807, 2.05) is 30.3 Å². The van der Waals surface area contributed by atoms with Gasteiger partial charge in [0.1, 0.15) is 24.6 Å². The summed E-state index contributed by atoms with van der Waals surface area (Å²) in [6.45, 7) is 0.166. The quantitative estimate of drug-likeness (QED) is 0.478. The number of carboxylic acid groups (broad SMARTS) is 1. The van der Waals surface area contributed by atoms with Crippen molar-refractivity contribution in [2.75, 3.05) is 24.8 Å². The molecule has 9 nitrogen and oxygen atoms in total. The Balaban J connectivity index is 1.27. The number of nitrogens with zero attached hydrogens (tertiary/aromatic N) is 4. The standard InChI is InChI=1S/C25H24N4O5S/c26-12-21-16-35-17-29(21)23(30)14-28(25(31)32)13-18-6-8-22(9-7-18)33-11-10-20-15-34-24(27-20)19-4-2-1-3-5-19/h1-9,15,21H,10-11,13-14,16-17H2,(H,31,32)/t21-/m1/s1. The minimum absolute atomic E-state index is 0.0563. The minimum Gasteiger partial charge on any atom is -0.493 e. The first-order valence-electron chi connectivity index (χ1n) is 11.0. The smallest absolute Gasteiger partial charge is 0.408 e. The number of thioether (sulfide) groups is 1. The normalized spacial score (nSPS) is 14.9. The Hall–Kier alpha value is -3.97. The molecular formula is C25H24N4O5S. The van der Waals surface area contributed by atoms with Gasteiger partial charge in [-0.3, -0.25) is 9.69 Å². The number of aromatic nitrogens is 1. The largest absolute Gasteiger partial charge is 0.493 e. The van der Waals surface area contributed by atoms with Crippen LogP contribution in [0.2, 0.25) is 0 Å². The number of oxazole rings is 1. The van der Waals surface area contributed by atoms with Crippen molar-refractivity contribution in [3.63, 3.8) is 0 Å². The van der Waals surface area contributed by atoms with Crippen LogP contribution in [0.3, 0.4) is 0 Å². The molecule has 1 fully saturated rings. The molecule has 0 radical (unpaired) electrons. The first kappa shape index (κ1) is 24.2. The van der Waals surface area contributed by atoms with Gasteiger partial charge in [0.15, 0.2) is 0 Å². The number of carbonyl (C=O) groups is 2. The van der Waals surface area contributed by atoms with E-state index in [0.29, 0.717) is 36.3 Å². The molecule has 0 unspecified atom stereocenters. The minimum atomic E-state index is -1.19. The second-order valence-corrected chi connectivity index (χ2v) is 8.90. The third-order valence-corrected chi connectivity index (χ3v) is 6.46. The zero-order valence-corrected chi connectivity index (χ0v) is 19.7. The molecule has 1 N–H and O–H groups in total. The maximum absolute atomic E-state index is 12.5. The van der Waals surface area contributed by atoms with Crippen molar-refractivity contribution in [2.45, 2.75) is 19.0 Å². The van der Waals surface area contributed by atoms with E-state index in [-0.39, 0.29) is 19.0 Å². The van der Waals surface area contributed by atoms with Gasteiger partial charge in [-0.15, -0.1) is 11.8 Å². The van der Waals surface area contributed by atoms with Crippen molar-refractivity contribution < 1.29 is 23.8 Å². The zero-order chi connectivity index (χ0) is 24.6. The summed E-state index contributed by atoms with van der Waals surface area (Å²) in [5, 5.41) is 18.7. The van der Waals surface area contributed by atoms with Crippen LogP contribution in [0.4, 0.5) is 4.79 Å². The molecule has 1 aromatic heterocycles. The molecule has 0 saturated carbocycles. The van der Waals surface area contributed by atoms with E-state index in [0.717, 1.165) is 21.7 Å². The number of amides is 2. The zero-order valence-electron chi connectivity index (χ0n) is 18.9. The lowest BCUT2D eigenvalue weighted by Gasteiger charge is -2.24. The van der Waals surface area contributed by atoms with Crippen LogP contribution in [0.5, 0.6) is 5.75 Å². The van der Waals surface area contributed by atoms with Crippen LogP contribution in [0.15, 0.2) is 65.3 Å². The molecule has 0 spiro atoms. The molecule has 2 heterocycles. The van der Waals surface area contributed by atoms with Crippen LogP contribution in [-0.2, 0) is 17.8 Å². The van der Waals surface area contributed by atoms with E-state index < -0.39 is 12.1 Å². The summed E-state index contributed by atoms with van der Waals surface area (Å²) in [5.41, 5.74) is 2.43. The van der Waals surface area contributed by atoms with E-state index >= 15 is 0 Å². The summed E-state index contributed by atoms with van der Waals surface area (Å²) in [6.07, 6.45) is 1.00. The maximum atomic E-state index is 12.5. The van der Waals surface area contributed by atoms with E-state index in [1.165, 1.54) is 16.7 Å². The Morgan fingerprint density at radius 3 is 2.71 bits per heavy atom. The fraction of sp³-hybridized carbons (Fsp3) is 0.280. The number of hydrogen-bond donors (Lipinski definition) is 1. The number of hydrogen-bond acceptors (Lipinski definition) is 7. The van der Waals surface area contributed by atoms with Gasteiger partial charge in [-0.25, -0.2) is 9.78 Å². The van der Waals surface area contributed by atoms with Gasteiger partial charge in [-0.1, -0.05) is 30.3 Å². The highest BCUT2D eigenvalue weighted by atomic mass is 32.2. The SMILES string of the molecule is N#C[C@@H]1CSCN1C(=O)CN(Cc1ccc(OCCc2coc(-c3ccccc3)n2)cc1)C(=O)O. The van der Waals surface area contributed by atoms with E-state index in [2.05, 4.69) is 11.1 Å². The highest BCUT2D eigenvalue weighted by Gasteiger charge is 2.31. The number of carbonyl (C=O) groups excluding carboxylic acids is 1. The molecule has 0 aliphatic carbocycles. The molecule has 35 heavy (non-hydrogen) atoms. The van der Waals surface area contributed by atoms with Crippen LogP contribution < -0.4 is 4.74 Å². The van der Waals surface area contributed by atoms with Gasteiger partial charge in [-0.05, 0) is 29.8 Å². The summed E-state index contributed by atoms with van der Waals surface area (Å²) >= 11 is 1.48. The molecule has 1 aliphatic heterocycles. The summed E-state index contributed by atoms with van der Waals surface area (Å²) < 4.78 is 11.3. The lowest BCUT2D eigenvalue weighted by atomic mass is 10.2. The van der Waals surface area contributed by atoms with Crippen molar-refractivity contribution in [2.24, 2.45) is 0 Å². The second-order valence-electron chi connectivity index (χ2n) is 7.90. The molecule has 1 atom stereocenters. The average Bonchev–Trinajstić information content (AvgIpc) is 3.55. The number of rotatable bonds is 9. The molecule has 3 aromatic rings. The lowest BCUT2D eigenvalue weighted by molar-refractivity contribution is -0.131. The van der Waals surface area contributed by atoms with Crippen molar-refractivity contribution in [1.82, 2.24) is 14.8 Å². The highest BCUT2D eigenvalue weighted by molar-refractivity contribution is 7.99. The first-order chi connectivity index (χ1) is 17.0. The molecule has 4 rings (SSSR count). The fourth-order valence-electron chi connectivity index (χ4n) is 3.56. The Bertz CT molecular complexity index is 1190. The highest BCUT2D eigenvalue weighted by Crippen LogP contribution is 2.21. The predicted octanol–water partition coefficient (Wildman–Crippen LogP) is 3.87. The van der Waals surface area contributed by atoms with E-state index in [4.69, 9.17) is 14.4 Å². The van der Waals surface area contributed by atoms with Crippen LogP contribution in [0.25, 0.3) is 11.5 Å². The number of benzene rings is 2. The van der Waals surface area contributed by atoms with Crippen LogP contribution in [0.1, 0.15) is 11.3 Å². The number of nitriles is 1. The van der Waals surface area contributed by atoms with Crippen molar-refractivity contribution >= 4 is 23.8 Å². The summed E-state index contributed by atoms with van der Waals surface area (Å²) in [5.74, 6) is 1.79. The van der Waals surface area contributed by atoms with Crippen LogP contribution >= 0.6 is 11.8 Å². The van der Waals surface area contributed by atoms with Crippen LogP contribution in [-0.4, -0.2) is 62.7 Å². The maximum Gasteiger partial charge on any atom is 0.408 e. The van der Waals surface area contributed by atoms with Gasteiger partial charge < -0.3 is 19.2 Å². The Morgan fingerprint density at radius 2 is 2.00 bits per heavy atom. The fourth-order valence-corrected chi connectivity index (χ4v) is 4.66. The lowest BCUT2D eigenvalue weighted by Crippen LogP contribution is -2.44. The molecule has 1 saturated heterocycles. The van der Waals surface area contributed by atoms with E-state index in [1.54, 1.807) is 30.5 Å². The third-order valence-electron chi connectivity index (χ3n) is 5.44. The van der Waals surface area contributed by atoms with Gasteiger partial charge in [0.2, 0.25) is 11.8 Å². The summed E-state index contributed by atoms with van der Waals surface area (Å²) in [6, 6.07) is 18.3. The second kappa shape index (κ2) is 11.4. The first-order valence-corrected chi connectivity index (χ1v) is 12.1. The molecular weight excluding hydrogens is 468 g/mol. The monoisotopic (exact) mass is 492 g/mol. The van der Waals surface area contributed by atoms with Crippen molar-refractivity contribution in [1.29, 1.82) is 5.26 Å². The predicted molar refractivity (Wildman–Crippen MR) is 130 cm³/mol. The topological polar surface area (TPSA) is 120 Å². The van der Waals surface area contributed by atoms with Gasteiger partial charge in [0.05, 0.1) is 24.2 Å². The van der Waals surface area contributed by atoms with Gasteiger partial charge in [0.25, 0.3) is 0 Å². The molecule has 2 amide bonds. The third kappa shape index (κ3) is 6.33. The molecule has 2 aromatic carbocycles. The number of ether oxygens (including phenoxy) is 1. The molecule has 0 bridgehead atoms. The van der Waals surface area contributed by atoms with Gasteiger partial charge in [-0.2, -0.15) is 5.26 Å². The van der Waals surface area contributed by atoms with Crippen molar-refractivity contribution in [3.8, 4) is 23.3 Å².